The summed E-state index contributed by atoms with van der Waals surface area (Å²) >= 11 is 7.71. The van der Waals surface area contributed by atoms with Gasteiger partial charge in [-0.25, -0.2) is 9.97 Å². The maximum Gasteiger partial charge on any atom is 0.192 e. The smallest absolute Gasteiger partial charge is 0.192 e. The number of rotatable bonds is 3. The zero-order chi connectivity index (χ0) is 14.0. The van der Waals surface area contributed by atoms with Gasteiger partial charge in [0.1, 0.15) is 0 Å². The van der Waals surface area contributed by atoms with Gasteiger partial charge in [-0.1, -0.05) is 17.7 Å². The second-order valence-corrected chi connectivity index (χ2v) is 5.79. The Kier molecular flexibility index (Phi) is 4.45. The fourth-order valence-corrected chi connectivity index (χ4v) is 2.81. The zero-order valence-corrected chi connectivity index (χ0v) is 12.8. The Morgan fingerprint density at radius 2 is 1.79 bits per heavy atom. The van der Waals surface area contributed by atoms with Crippen molar-refractivity contribution in [2.24, 2.45) is 5.73 Å². The minimum absolute atomic E-state index is 0.490. The Morgan fingerprint density at radius 3 is 2.32 bits per heavy atom. The standard InChI is InChI=1S/C14H16ClN3S/c1-8-9(2)17-14(18-10(8)3)19-13-5-4-11(7-16)6-12(13)15/h4-6H,7,16H2,1-3H3. The molecule has 1 heterocycles. The normalized spacial score (nSPS) is 10.8. The zero-order valence-electron chi connectivity index (χ0n) is 11.2. The summed E-state index contributed by atoms with van der Waals surface area (Å²) < 4.78 is 0. The van der Waals surface area contributed by atoms with E-state index in [4.69, 9.17) is 17.3 Å². The number of nitrogens with two attached hydrogens (primary N) is 1. The van der Waals surface area contributed by atoms with Gasteiger partial charge in [-0.3, -0.25) is 0 Å². The molecule has 0 aliphatic carbocycles. The summed E-state index contributed by atoms with van der Waals surface area (Å²) in [7, 11) is 0. The number of halogens is 1. The van der Waals surface area contributed by atoms with E-state index in [1.54, 1.807) is 0 Å². The van der Waals surface area contributed by atoms with Crippen molar-refractivity contribution in [2.45, 2.75) is 37.4 Å². The molecule has 0 spiro atoms. The molecule has 0 bridgehead atoms. The van der Waals surface area contributed by atoms with Crippen LogP contribution in [0, 0.1) is 20.8 Å². The lowest BCUT2D eigenvalue weighted by Gasteiger charge is -2.08. The summed E-state index contributed by atoms with van der Waals surface area (Å²) in [5.41, 5.74) is 9.75. The Balaban J connectivity index is 2.31. The van der Waals surface area contributed by atoms with E-state index in [2.05, 4.69) is 9.97 Å². The predicted molar refractivity (Wildman–Crippen MR) is 79.7 cm³/mol. The van der Waals surface area contributed by atoms with E-state index in [0.717, 1.165) is 32.6 Å². The first-order valence-corrected chi connectivity index (χ1v) is 7.19. The van der Waals surface area contributed by atoms with E-state index in [0.29, 0.717) is 11.6 Å². The van der Waals surface area contributed by atoms with Crippen LogP contribution in [0.2, 0.25) is 5.02 Å². The van der Waals surface area contributed by atoms with Gasteiger partial charge in [-0.15, -0.1) is 0 Å². The molecule has 1 aromatic heterocycles. The van der Waals surface area contributed by atoms with Gasteiger partial charge in [-0.2, -0.15) is 0 Å². The molecule has 2 N–H and O–H groups in total. The SMILES string of the molecule is Cc1nc(Sc2ccc(CN)cc2Cl)nc(C)c1C. The summed E-state index contributed by atoms with van der Waals surface area (Å²) in [5.74, 6) is 0. The van der Waals surface area contributed by atoms with E-state index in [1.807, 2.05) is 39.0 Å². The Labute approximate surface area is 122 Å². The summed E-state index contributed by atoms with van der Waals surface area (Å²) in [6.45, 7) is 6.51. The van der Waals surface area contributed by atoms with Crippen LogP contribution < -0.4 is 5.73 Å². The van der Waals surface area contributed by atoms with Gasteiger partial charge in [0.2, 0.25) is 0 Å². The van der Waals surface area contributed by atoms with Crippen LogP contribution in [0.25, 0.3) is 0 Å². The lowest BCUT2D eigenvalue weighted by molar-refractivity contribution is 0.881. The average Bonchev–Trinajstić information content (AvgIpc) is 2.38. The molecule has 0 aliphatic heterocycles. The third-order valence-electron chi connectivity index (χ3n) is 3.05. The summed E-state index contributed by atoms with van der Waals surface area (Å²) in [6, 6.07) is 5.82. The van der Waals surface area contributed by atoms with E-state index in [-0.39, 0.29) is 0 Å². The molecule has 1 aromatic carbocycles. The number of aromatic nitrogens is 2. The lowest BCUT2D eigenvalue weighted by atomic mass is 10.2. The largest absolute Gasteiger partial charge is 0.326 e. The van der Waals surface area contributed by atoms with Crippen molar-refractivity contribution >= 4 is 23.4 Å². The second kappa shape index (κ2) is 5.90. The lowest BCUT2D eigenvalue weighted by Crippen LogP contribution is -1.98. The van der Waals surface area contributed by atoms with Crippen LogP contribution >= 0.6 is 23.4 Å². The molecule has 0 atom stereocenters. The molecule has 2 rings (SSSR count). The first-order valence-electron chi connectivity index (χ1n) is 5.99. The van der Waals surface area contributed by atoms with Gasteiger partial charge < -0.3 is 5.73 Å². The molecule has 100 valence electrons. The van der Waals surface area contributed by atoms with Crippen LogP contribution in [-0.4, -0.2) is 9.97 Å². The summed E-state index contributed by atoms with van der Waals surface area (Å²) in [5, 5.41) is 1.41. The maximum absolute atomic E-state index is 6.24. The van der Waals surface area contributed by atoms with E-state index >= 15 is 0 Å². The van der Waals surface area contributed by atoms with Crippen molar-refractivity contribution < 1.29 is 0 Å². The first-order chi connectivity index (χ1) is 9.01. The van der Waals surface area contributed by atoms with E-state index in [9.17, 15) is 0 Å². The van der Waals surface area contributed by atoms with Crippen molar-refractivity contribution in [2.75, 3.05) is 0 Å². The number of benzene rings is 1. The fraction of sp³-hybridized carbons (Fsp3) is 0.286. The highest BCUT2D eigenvalue weighted by atomic mass is 35.5. The minimum Gasteiger partial charge on any atom is -0.326 e. The molecular weight excluding hydrogens is 278 g/mol. The monoisotopic (exact) mass is 293 g/mol. The van der Waals surface area contributed by atoms with Crippen molar-refractivity contribution in [3.05, 3.63) is 45.7 Å². The molecule has 0 amide bonds. The Morgan fingerprint density at radius 1 is 1.16 bits per heavy atom. The number of hydrogen-bond donors (Lipinski definition) is 1. The molecule has 0 radical (unpaired) electrons. The molecule has 3 nitrogen and oxygen atoms in total. The molecule has 0 unspecified atom stereocenters. The van der Waals surface area contributed by atoms with Crippen molar-refractivity contribution in [1.29, 1.82) is 0 Å². The number of hydrogen-bond acceptors (Lipinski definition) is 4. The van der Waals surface area contributed by atoms with Gasteiger partial charge in [-0.05, 0) is 55.8 Å². The van der Waals surface area contributed by atoms with Crippen molar-refractivity contribution in [3.8, 4) is 0 Å². The third kappa shape index (κ3) is 3.26. The molecule has 0 aliphatic rings. The van der Waals surface area contributed by atoms with E-state index < -0.39 is 0 Å². The Hall–Kier alpha value is -1.10. The molecule has 0 saturated carbocycles. The molecule has 5 heteroatoms. The van der Waals surface area contributed by atoms with Crippen molar-refractivity contribution in [1.82, 2.24) is 9.97 Å². The van der Waals surface area contributed by atoms with Crippen LogP contribution in [-0.2, 0) is 6.54 Å². The van der Waals surface area contributed by atoms with Crippen LogP contribution in [0.1, 0.15) is 22.5 Å². The first kappa shape index (κ1) is 14.3. The Bertz CT molecular complexity index is 591. The highest BCUT2D eigenvalue weighted by Gasteiger charge is 2.09. The van der Waals surface area contributed by atoms with Crippen LogP contribution in [0.3, 0.4) is 0 Å². The maximum atomic E-state index is 6.24. The highest BCUT2D eigenvalue weighted by Crippen LogP contribution is 2.32. The van der Waals surface area contributed by atoms with Crippen LogP contribution in [0.4, 0.5) is 0 Å². The molecule has 2 aromatic rings. The second-order valence-electron chi connectivity index (χ2n) is 4.37. The van der Waals surface area contributed by atoms with Gasteiger partial charge >= 0.3 is 0 Å². The van der Waals surface area contributed by atoms with Crippen molar-refractivity contribution in [3.63, 3.8) is 0 Å². The third-order valence-corrected chi connectivity index (χ3v) is 4.41. The number of nitrogens with zero attached hydrogens (tertiary/aromatic N) is 2. The van der Waals surface area contributed by atoms with E-state index in [1.165, 1.54) is 11.8 Å². The topological polar surface area (TPSA) is 51.8 Å². The minimum atomic E-state index is 0.490. The fourth-order valence-electron chi connectivity index (χ4n) is 1.64. The van der Waals surface area contributed by atoms with Crippen LogP contribution in [0.15, 0.2) is 28.3 Å². The molecule has 0 fully saturated rings. The molecule has 0 saturated heterocycles. The van der Waals surface area contributed by atoms with Crippen LogP contribution in [0.5, 0.6) is 0 Å². The molecule has 19 heavy (non-hydrogen) atoms. The average molecular weight is 294 g/mol. The van der Waals surface area contributed by atoms with Gasteiger partial charge in [0.15, 0.2) is 5.16 Å². The van der Waals surface area contributed by atoms with Gasteiger partial charge in [0, 0.05) is 22.8 Å². The summed E-state index contributed by atoms with van der Waals surface area (Å²) in [4.78, 5) is 9.91. The van der Waals surface area contributed by atoms with Gasteiger partial charge in [0.25, 0.3) is 0 Å². The number of aryl methyl sites for hydroxylation is 2. The summed E-state index contributed by atoms with van der Waals surface area (Å²) in [6.07, 6.45) is 0. The quantitative estimate of drug-likeness (QED) is 0.877. The van der Waals surface area contributed by atoms with Gasteiger partial charge in [0.05, 0.1) is 5.02 Å². The highest BCUT2D eigenvalue weighted by molar-refractivity contribution is 7.99. The predicted octanol–water partition coefficient (Wildman–Crippen LogP) is 3.67. The molecular formula is C14H16ClN3S.